The minimum Gasteiger partial charge on any atom is -0.353 e. The number of aromatic nitrogens is 1. The highest BCUT2D eigenvalue weighted by atomic mass is 35.5. The number of carbonyl (C=O) groups excluding carboxylic acids is 1. The normalized spacial score (nSPS) is 14.2. The van der Waals surface area contributed by atoms with Crippen LogP contribution in [0.5, 0.6) is 0 Å². The number of carbonyl (C=O) groups is 1. The van der Waals surface area contributed by atoms with Crippen molar-refractivity contribution in [3.05, 3.63) is 87.5 Å². The molecule has 1 fully saturated rings. The third-order valence-corrected chi connectivity index (χ3v) is 7.29. The van der Waals surface area contributed by atoms with Crippen LogP contribution in [0.3, 0.4) is 0 Å². The van der Waals surface area contributed by atoms with Gasteiger partial charge in [0.2, 0.25) is 5.91 Å². The summed E-state index contributed by atoms with van der Waals surface area (Å²) in [5.74, 6) is 0.941. The number of amides is 1. The number of hydrogen-bond donors (Lipinski definition) is 0. The Hall–Kier alpha value is -2.18. The van der Waals surface area contributed by atoms with Gasteiger partial charge in [0.25, 0.3) is 0 Å². The van der Waals surface area contributed by atoms with Crippen LogP contribution in [0.15, 0.2) is 76.7 Å². The van der Waals surface area contributed by atoms with Gasteiger partial charge in [-0.1, -0.05) is 58.7 Å². The molecule has 2 heterocycles. The fourth-order valence-electron chi connectivity index (χ4n) is 3.35. The molecule has 0 unspecified atom stereocenters. The Kier molecular flexibility index (Phi) is 7.63. The average Bonchev–Trinajstić information content (AvgIpc) is 2.81. The molecule has 0 spiro atoms. The van der Waals surface area contributed by atoms with Gasteiger partial charge in [-0.15, -0.1) is 0 Å². The minimum absolute atomic E-state index is 0.00630. The molecule has 8 heteroatoms. The number of nitrogens with zero attached hydrogens (tertiary/aromatic N) is 3. The Morgan fingerprint density at radius 1 is 0.906 bits per heavy atom. The summed E-state index contributed by atoms with van der Waals surface area (Å²) in [6.45, 7) is 2.86. The standard InChI is InChI=1S/C24H20Cl3N3OS/c25-18-6-8-22(20(27)16-18)32-21-7-4-17(15-19(21)26)5-9-24(31)30-13-11-29(12-14-30)23-3-1-2-10-28-23/h1-10,15-16H,11-14H2/b9-5+. The highest BCUT2D eigenvalue weighted by molar-refractivity contribution is 7.99. The molecule has 32 heavy (non-hydrogen) atoms. The maximum Gasteiger partial charge on any atom is 0.246 e. The van der Waals surface area contributed by atoms with Crippen molar-refractivity contribution in [3.63, 3.8) is 0 Å². The van der Waals surface area contributed by atoms with Crippen molar-refractivity contribution in [2.24, 2.45) is 0 Å². The van der Waals surface area contributed by atoms with E-state index in [4.69, 9.17) is 34.8 Å². The van der Waals surface area contributed by atoms with Gasteiger partial charge in [0.1, 0.15) is 5.82 Å². The summed E-state index contributed by atoms with van der Waals surface area (Å²) in [6, 6.07) is 16.9. The fourth-order valence-corrected chi connectivity index (χ4v) is 5.00. The molecule has 0 aliphatic carbocycles. The highest BCUT2D eigenvalue weighted by Crippen LogP contribution is 2.38. The Morgan fingerprint density at radius 2 is 1.62 bits per heavy atom. The number of piperazine rings is 1. The SMILES string of the molecule is O=C(/C=C/c1ccc(Sc2ccc(Cl)cc2Cl)c(Cl)c1)N1CCN(c2ccccn2)CC1. The number of hydrogen-bond acceptors (Lipinski definition) is 4. The third-order valence-electron chi connectivity index (χ3n) is 5.05. The molecular weight excluding hydrogens is 485 g/mol. The van der Waals surface area contributed by atoms with Crippen molar-refractivity contribution in [3.8, 4) is 0 Å². The molecule has 164 valence electrons. The van der Waals surface area contributed by atoms with E-state index in [-0.39, 0.29) is 5.91 Å². The lowest BCUT2D eigenvalue weighted by atomic mass is 10.2. The van der Waals surface area contributed by atoms with E-state index in [2.05, 4.69) is 9.88 Å². The first-order chi connectivity index (χ1) is 15.5. The Labute approximate surface area is 206 Å². The molecule has 1 aliphatic rings. The predicted octanol–water partition coefficient (Wildman–Crippen LogP) is 6.56. The van der Waals surface area contributed by atoms with E-state index in [0.29, 0.717) is 28.2 Å². The van der Waals surface area contributed by atoms with Gasteiger partial charge in [-0.2, -0.15) is 0 Å². The molecule has 0 atom stereocenters. The maximum absolute atomic E-state index is 12.6. The zero-order chi connectivity index (χ0) is 22.5. The van der Waals surface area contributed by atoms with Crippen LogP contribution in [0.4, 0.5) is 5.82 Å². The molecule has 0 N–H and O–H groups in total. The van der Waals surface area contributed by atoms with Gasteiger partial charge in [-0.25, -0.2) is 4.98 Å². The molecule has 4 nitrogen and oxygen atoms in total. The van der Waals surface area contributed by atoms with Crippen LogP contribution in [0, 0.1) is 0 Å². The molecule has 1 aliphatic heterocycles. The average molecular weight is 505 g/mol. The summed E-state index contributed by atoms with van der Waals surface area (Å²) in [4.78, 5) is 22.8. The summed E-state index contributed by atoms with van der Waals surface area (Å²) in [6.07, 6.45) is 5.18. The molecule has 0 saturated carbocycles. The second-order valence-corrected chi connectivity index (χ2v) is 9.53. The first-order valence-corrected chi connectivity index (χ1v) is 12.0. The van der Waals surface area contributed by atoms with Gasteiger partial charge < -0.3 is 9.80 Å². The maximum atomic E-state index is 12.6. The van der Waals surface area contributed by atoms with Gasteiger partial charge in [0, 0.05) is 53.3 Å². The number of benzene rings is 2. The number of rotatable bonds is 5. The Bertz CT molecular complexity index is 1130. The lowest BCUT2D eigenvalue weighted by Gasteiger charge is -2.34. The van der Waals surface area contributed by atoms with E-state index in [1.165, 1.54) is 11.8 Å². The number of halogens is 3. The van der Waals surface area contributed by atoms with Crippen LogP contribution < -0.4 is 4.90 Å². The summed E-state index contributed by atoms with van der Waals surface area (Å²) >= 11 is 20.2. The van der Waals surface area contributed by atoms with Gasteiger partial charge in [0.15, 0.2) is 0 Å². The van der Waals surface area contributed by atoms with Crippen molar-refractivity contribution < 1.29 is 4.79 Å². The third kappa shape index (κ3) is 5.78. The van der Waals surface area contributed by atoms with E-state index in [9.17, 15) is 4.79 Å². The van der Waals surface area contributed by atoms with Crippen LogP contribution in [0.25, 0.3) is 6.08 Å². The summed E-state index contributed by atoms with van der Waals surface area (Å²) < 4.78 is 0. The number of pyridine rings is 1. The minimum atomic E-state index is -0.00630. The van der Waals surface area contributed by atoms with Crippen molar-refractivity contribution in [1.29, 1.82) is 0 Å². The van der Waals surface area contributed by atoms with Crippen molar-refractivity contribution in [2.45, 2.75) is 9.79 Å². The summed E-state index contributed by atoms with van der Waals surface area (Å²) in [7, 11) is 0. The van der Waals surface area contributed by atoms with Gasteiger partial charge >= 0.3 is 0 Å². The van der Waals surface area contributed by atoms with E-state index in [1.54, 1.807) is 30.5 Å². The van der Waals surface area contributed by atoms with Crippen LogP contribution in [0.2, 0.25) is 15.1 Å². The van der Waals surface area contributed by atoms with Gasteiger partial charge in [-0.3, -0.25) is 4.79 Å². The van der Waals surface area contributed by atoms with Gasteiger partial charge in [0.05, 0.1) is 10.0 Å². The largest absolute Gasteiger partial charge is 0.353 e. The topological polar surface area (TPSA) is 36.4 Å². The van der Waals surface area contributed by atoms with Crippen LogP contribution in [-0.4, -0.2) is 42.0 Å². The smallest absolute Gasteiger partial charge is 0.246 e. The second kappa shape index (κ2) is 10.6. The molecule has 4 rings (SSSR count). The van der Waals surface area contributed by atoms with E-state index >= 15 is 0 Å². The van der Waals surface area contributed by atoms with Crippen molar-refractivity contribution in [2.75, 3.05) is 31.1 Å². The molecule has 1 amide bonds. The lowest BCUT2D eigenvalue weighted by molar-refractivity contribution is -0.126. The first kappa shape index (κ1) is 23.0. The zero-order valence-electron chi connectivity index (χ0n) is 17.0. The van der Waals surface area contributed by atoms with Crippen LogP contribution in [0.1, 0.15) is 5.56 Å². The quantitative estimate of drug-likeness (QED) is 0.369. The molecular formula is C24H20Cl3N3OS. The molecule has 0 radical (unpaired) electrons. The van der Waals surface area contributed by atoms with Gasteiger partial charge in [-0.05, 0) is 54.1 Å². The van der Waals surface area contributed by atoms with Crippen molar-refractivity contribution >= 4 is 64.4 Å². The molecule has 0 bridgehead atoms. The monoisotopic (exact) mass is 503 g/mol. The number of anilines is 1. The highest BCUT2D eigenvalue weighted by Gasteiger charge is 2.20. The molecule has 1 saturated heterocycles. The van der Waals surface area contributed by atoms with Crippen molar-refractivity contribution in [1.82, 2.24) is 9.88 Å². The van der Waals surface area contributed by atoms with Crippen LogP contribution in [-0.2, 0) is 4.79 Å². The molecule has 3 aromatic rings. The van der Waals surface area contributed by atoms with E-state index < -0.39 is 0 Å². The fraction of sp³-hybridized carbons (Fsp3) is 0.167. The molecule has 2 aromatic carbocycles. The van der Waals surface area contributed by atoms with E-state index in [0.717, 1.165) is 34.3 Å². The Morgan fingerprint density at radius 3 is 2.28 bits per heavy atom. The first-order valence-electron chi connectivity index (χ1n) is 10.0. The Balaban J connectivity index is 1.35. The predicted molar refractivity (Wildman–Crippen MR) is 134 cm³/mol. The summed E-state index contributed by atoms with van der Waals surface area (Å²) in [5.41, 5.74) is 0.863. The zero-order valence-corrected chi connectivity index (χ0v) is 20.1. The van der Waals surface area contributed by atoms with E-state index in [1.807, 2.05) is 47.4 Å². The van der Waals surface area contributed by atoms with Crippen LogP contribution >= 0.6 is 46.6 Å². The lowest BCUT2D eigenvalue weighted by Crippen LogP contribution is -2.48. The second-order valence-electron chi connectivity index (χ2n) is 7.20. The summed E-state index contributed by atoms with van der Waals surface area (Å²) in [5, 5.41) is 1.77. The molecule has 1 aromatic heterocycles.